The molecule has 0 bridgehead atoms. The average Bonchev–Trinajstić information content (AvgIpc) is 3.39. The van der Waals surface area contributed by atoms with Gasteiger partial charge in [-0.3, -0.25) is 4.79 Å². The van der Waals surface area contributed by atoms with Crippen molar-refractivity contribution < 1.29 is 9.21 Å². The minimum Gasteiger partial charge on any atom is -0.459 e. The van der Waals surface area contributed by atoms with Gasteiger partial charge < -0.3 is 14.3 Å². The van der Waals surface area contributed by atoms with Crippen LogP contribution >= 0.6 is 11.3 Å². The summed E-state index contributed by atoms with van der Waals surface area (Å²) in [7, 11) is 0. The molecule has 0 unspecified atom stereocenters. The summed E-state index contributed by atoms with van der Waals surface area (Å²) in [5, 5.41) is 3.77. The largest absolute Gasteiger partial charge is 0.459 e. The monoisotopic (exact) mass is 403 g/mol. The SMILES string of the molecule is CCCn1c(-c2ccccc2)c(NC(=O)c2ccco2)sc1=Nc1ccccc1. The van der Waals surface area contributed by atoms with Gasteiger partial charge in [-0.15, -0.1) is 0 Å². The van der Waals surface area contributed by atoms with Crippen LogP contribution in [0, 0.1) is 0 Å². The van der Waals surface area contributed by atoms with Gasteiger partial charge in [-0.05, 0) is 30.7 Å². The molecule has 0 fully saturated rings. The molecular weight excluding hydrogens is 382 g/mol. The van der Waals surface area contributed by atoms with Gasteiger partial charge >= 0.3 is 0 Å². The number of amides is 1. The number of carbonyl (C=O) groups is 1. The van der Waals surface area contributed by atoms with E-state index in [9.17, 15) is 4.79 Å². The van der Waals surface area contributed by atoms with E-state index >= 15 is 0 Å². The van der Waals surface area contributed by atoms with E-state index in [1.165, 1.54) is 17.6 Å². The summed E-state index contributed by atoms with van der Waals surface area (Å²) in [6, 6.07) is 23.3. The van der Waals surface area contributed by atoms with E-state index in [0.717, 1.165) is 39.7 Å². The van der Waals surface area contributed by atoms with Crippen molar-refractivity contribution in [3.8, 4) is 11.3 Å². The molecule has 6 heteroatoms. The molecule has 4 aromatic rings. The van der Waals surface area contributed by atoms with E-state index < -0.39 is 0 Å². The number of para-hydroxylation sites is 1. The van der Waals surface area contributed by atoms with Crippen LogP contribution in [-0.4, -0.2) is 10.5 Å². The van der Waals surface area contributed by atoms with E-state index in [4.69, 9.17) is 9.41 Å². The topological polar surface area (TPSA) is 59.5 Å². The second-order valence-corrected chi connectivity index (χ2v) is 7.44. The standard InChI is InChI=1S/C23H21N3O2S/c1-2-15-26-20(17-10-5-3-6-11-17)22(25-21(27)19-14-9-16-28-19)29-23(26)24-18-12-7-4-8-13-18/h3-14,16H,2,15H2,1H3,(H,25,27). The van der Waals surface area contributed by atoms with Crippen molar-refractivity contribution >= 4 is 27.9 Å². The number of anilines is 1. The molecule has 2 aromatic heterocycles. The van der Waals surface area contributed by atoms with Crippen molar-refractivity contribution in [3.63, 3.8) is 0 Å². The van der Waals surface area contributed by atoms with Gasteiger partial charge in [0.2, 0.25) is 0 Å². The molecule has 0 spiro atoms. The van der Waals surface area contributed by atoms with Gasteiger partial charge in [0, 0.05) is 12.1 Å². The first kappa shape index (κ1) is 19.0. The fourth-order valence-electron chi connectivity index (χ4n) is 3.08. The Labute approximate surface area is 173 Å². The maximum atomic E-state index is 12.7. The Balaban J connectivity index is 1.87. The van der Waals surface area contributed by atoms with E-state index in [-0.39, 0.29) is 11.7 Å². The summed E-state index contributed by atoms with van der Waals surface area (Å²) >= 11 is 1.46. The van der Waals surface area contributed by atoms with Crippen LogP contribution in [0.5, 0.6) is 0 Å². The van der Waals surface area contributed by atoms with Crippen LogP contribution in [0.1, 0.15) is 23.9 Å². The molecule has 29 heavy (non-hydrogen) atoms. The van der Waals surface area contributed by atoms with Crippen molar-refractivity contribution in [1.29, 1.82) is 0 Å². The number of rotatable bonds is 6. The lowest BCUT2D eigenvalue weighted by molar-refractivity contribution is 0.0997. The van der Waals surface area contributed by atoms with Gasteiger partial charge in [-0.2, -0.15) is 0 Å². The highest BCUT2D eigenvalue weighted by atomic mass is 32.1. The lowest BCUT2D eigenvalue weighted by Crippen LogP contribution is -2.16. The van der Waals surface area contributed by atoms with Gasteiger partial charge in [0.1, 0.15) is 5.00 Å². The van der Waals surface area contributed by atoms with Gasteiger partial charge in [0.15, 0.2) is 10.6 Å². The molecule has 0 aliphatic carbocycles. The minimum absolute atomic E-state index is 0.275. The molecule has 1 N–H and O–H groups in total. The zero-order valence-corrected chi connectivity index (χ0v) is 16.9. The summed E-state index contributed by atoms with van der Waals surface area (Å²) < 4.78 is 7.43. The van der Waals surface area contributed by atoms with Crippen molar-refractivity contribution in [2.45, 2.75) is 19.9 Å². The predicted octanol–water partition coefficient (Wildman–Crippen LogP) is 5.70. The molecule has 2 aromatic carbocycles. The Hall–Kier alpha value is -3.38. The van der Waals surface area contributed by atoms with Gasteiger partial charge in [0.25, 0.3) is 5.91 Å². The Bertz CT molecular complexity index is 1140. The Kier molecular flexibility index (Phi) is 5.72. The van der Waals surface area contributed by atoms with E-state index in [2.05, 4.69) is 16.8 Å². The third kappa shape index (κ3) is 4.22. The van der Waals surface area contributed by atoms with E-state index in [1.807, 2.05) is 60.7 Å². The molecule has 0 radical (unpaired) electrons. The van der Waals surface area contributed by atoms with Crippen LogP contribution in [0.15, 0.2) is 88.5 Å². The molecule has 0 atom stereocenters. The molecule has 1 amide bonds. The van der Waals surface area contributed by atoms with Gasteiger partial charge in [0.05, 0.1) is 17.6 Å². The molecule has 0 aliphatic rings. The zero-order valence-electron chi connectivity index (χ0n) is 16.0. The molecule has 2 heterocycles. The van der Waals surface area contributed by atoms with Crippen molar-refractivity contribution in [2.75, 3.05) is 5.32 Å². The summed E-state index contributed by atoms with van der Waals surface area (Å²) in [5.74, 6) is 0.00402. The highest BCUT2D eigenvalue weighted by Gasteiger charge is 2.19. The summed E-state index contributed by atoms with van der Waals surface area (Å²) in [5.41, 5.74) is 2.86. The predicted molar refractivity (Wildman–Crippen MR) is 116 cm³/mol. The number of thiazole rings is 1. The van der Waals surface area contributed by atoms with Crippen molar-refractivity contribution in [3.05, 3.63) is 89.6 Å². The minimum atomic E-state index is -0.275. The normalized spacial score (nSPS) is 11.6. The van der Waals surface area contributed by atoms with Gasteiger partial charge in [-0.1, -0.05) is 66.8 Å². The smallest absolute Gasteiger partial charge is 0.292 e. The molecule has 4 rings (SSSR count). The zero-order chi connectivity index (χ0) is 20.1. The quantitative estimate of drug-likeness (QED) is 0.449. The summed E-state index contributed by atoms with van der Waals surface area (Å²) in [6.07, 6.45) is 2.44. The Morgan fingerprint density at radius 2 is 1.76 bits per heavy atom. The fourth-order valence-corrected chi connectivity index (χ4v) is 4.18. The summed E-state index contributed by atoms with van der Waals surface area (Å²) in [6.45, 7) is 2.93. The summed E-state index contributed by atoms with van der Waals surface area (Å²) in [4.78, 5) is 18.3. The molecule has 146 valence electrons. The van der Waals surface area contributed by atoms with Crippen molar-refractivity contribution in [1.82, 2.24) is 4.57 Å². The van der Waals surface area contributed by atoms with Crippen LogP contribution in [0.3, 0.4) is 0 Å². The number of hydrogen-bond donors (Lipinski definition) is 1. The average molecular weight is 404 g/mol. The number of nitrogens with one attached hydrogen (secondary N) is 1. The number of carbonyl (C=O) groups excluding carboxylic acids is 1. The maximum Gasteiger partial charge on any atom is 0.292 e. The molecule has 0 saturated heterocycles. The van der Waals surface area contributed by atoms with Crippen LogP contribution in [0.25, 0.3) is 11.3 Å². The number of hydrogen-bond acceptors (Lipinski definition) is 4. The lowest BCUT2D eigenvalue weighted by Gasteiger charge is -2.10. The Morgan fingerprint density at radius 1 is 1.03 bits per heavy atom. The van der Waals surface area contributed by atoms with E-state index in [0.29, 0.717) is 0 Å². The highest BCUT2D eigenvalue weighted by molar-refractivity contribution is 7.14. The molecule has 0 aliphatic heterocycles. The van der Waals surface area contributed by atoms with Gasteiger partial charge in [-0.25, -0.2) is 4.99 Å². The maximum absolute atomic E-state index is 12.7. The van der Waals surface area contributed by atoms with Crippen LogP contribution in [0.2, 0.25) is 0 Å². The lowest BCUT2D eigenvalue weighted by atomic mass is 10.1. The first-order valence-electron chi connectivity index (χ1n) is 9.50. The second-order valence-electron chi connectivity index (χ2n) is 6.46. The molecule has 0 saturated carbocycles. The second kappa shape index (κ2) is 8.75. The number of aromatic nitrogens is 1. The van der Waals surface area contributed by atoms with Crippen molar-refractivity contribution in [2.24, 2.45) is 4.99 Å². The number of nitrogens with zero attached hydrogens (tertiary/aromatic N) is 2. The molecular formula is C23H21N3O2S. The van der Waals surface area contributed by atoms with Crippen LogP contribution in [-0.2, 0) is 6.54 Å². The number of furan rings is 1. The Morgan fingerprint density at radius 3 is 2.41 bits per heavy atom. The third-order valence-corrected chi connectivity index (χ3v) is 5.35. The third-order valence-electron chi connectivity index (χ3n) is 4.36. The number of benzene rings is 2. The van der Waals surface area contributed by atoms with Crippen LogP contribution in [0.4, 0.5) is 10.7 Å². The fraction of sp³-hybridized carbons (Fsp3) is 0.130. The first-order chi connectivity index (χ1) is 14.3. The first-order valence-corrected chi connectivity index (χ1v) is 10.3. The van der Waals surface area contributed by atoms with Crippen LogP contribution < -0.4 is 10.1 Å². The van der Waals surface area contributed by atoms with E-state index in [1.54, 1.807) is 12.1 Å². The highest BCUT2D eigenvalue weighted by Crippen LogP contribution is 2.32. The molecule has 5 nitrogen and oxygen atoms in total.